The van der Waals surface area contributed by atoms with Gasteiger partial charge in [-0.15, -0.1) is 0 Å². The Balaban J connectivity index is 0.000000144. The molecule has 0 aliphatic carbocycles. The van der Waals surface area contributed by atoms with Crippen LogP contribution < -0.4 is 9.47 Å². The Morgan fingerprint density at radius 1 is 0.357 bits per heavy atom. The van der Waals surface area contributed by atoms with E-state index < -0.39 is 0 Å². The number of aldehydes is 2. The van der Waals surface area contributed by atoms with Crippen LogP contribution in [0.25, 0.3) is 53.9 Å². The molecule has 10 aromatic rings. The average Bonchev–Trinajstić information content (AvgIpc) is 3.35. The summed E-state index contributed by atoms with van der Waals surface area (Å²) in [6.07, 6.45) is 1.46. The lowest BCUT2D eigenvalue weighted by molar-refractivity contribution is 0.0506. The summed E-state index contributed by atoms with van der Waals surface area (Å²) in [5, 5.41) is 47.5. The molecular weight excluding hydrogens is 881 g/mol. The van der Waals surface area contributed by atoms with E-state index in [1.807, 2.05) is 93.6 Å². The van der Waals surface area contributed by atoms with Gasteiger partial charge in [-0.05, 0) is 154 Å². The number of carbonyl (C=O) groups is 2. The van der Waals surface area contributed by atoms with Gasteiger partial charge in [-0.25, -0.2) is 0 Å². The second kappa shape index (κ2) is 24.5. The topological polar surface area (TPSA) is 152 Å². The summed E-state index contributed by atoms with van der Waals surface area (Å²) in [5.41, 5.74) is 5.66. The van der Waals surface area contributed by atoms with Crippen LogP contribution in [0.2, 0.25) is 0 Å². The highest BCUT2D eigenvalue weighted by atomic mass is 16.7. The van der Waals surface area contributed by atoms with Gasteiger partial charge in [-0.3, -0.25) is 9.59 Å². The van der Waals surface area contributed by atoms with Crippen LogP contribution in [0.15, 0.2) is 170 Å². The van der Waals surface area contributed by atoms with Crippen LogP contribution >= 0.6 is 0 Å². The molecule has 4 N–H and O–H groups in total. The van der Waals surface area contributed by atoms with Crippen LogP contribution in [-0.2, 0) is 9.47 Å². The third-order valence-corrected chi connectivity index (χ3v) is 10.9. The van der Waals surface area contributed by atoms with Crippen LogP contribution in [0.1, 0.15) is 43.0 Å². The Morgan fingerprint density at radius 3 is 1.17 bits per heavy atom. The molecule has 0 aliphatic heterocycles. The maximum Gasteiger partial charge on any atom is 0.188 e. The minimum Gasteiger partial charge on any atom is -0.508 e. The molecule has 0 radical (unpaired) electrons. The first-order chi connectivity index (χ1) is 33.7. The summed E-state index contributed by atoms with van der Waals surface area (Å²) in [6, 6.07) is 53.1. The maximum absolute atomic E-state index is 11.0. The Kier molecular flexibility index (Phi) is 17.9. The van der Waals surface area contributed by atoms with Crippen molar-refractivity contribution in [2.24, 2.45) is 0 Å². The lowest BCUT2D eigenvalue weighted by Crippen LogP contribution is -2.01. The molecule has 10 aromatic carbocycles. The van der Waals surface area contributed by atoms with Crippen molar-refractivity contribution in [3.8, 4) is 34.5 Å². The van der Waals surface area contributed by atoms with E-state index in [1.165, 1.54) is 32.8 Å². The van der Waals surface area contributed by atoms with E-state index >= 15 is 0 Å². The van der Waals surface area contributed by atoms with Crippen LogP contribution in [0, 0.1) is 27.7 Å². The number of methoxy groups -OCH3 is 2. The number of phenols is 4. The summed E-state index contributed by atoms with van der Waals surface area (Å²) in [6.45, 7) is 8.58. The normalized spacial score (nSPS) is 10.4. The van der Waals surface area contributed by atoms with Crippen molar-refractivity contribution in [2.75, 3.05) is 27.8 Å². The van der Waals surface area contributed by atoms with Crippen LogP contribution in [-0.4, -0.2) is 60.8 Å². The first-order valence-electron chi connectivity index (χ1n) is 22.3. The largest absolute Gasteiger partial charge is 0.508 e. The molecule has 0 aliphatic rings. The van der Waals surface area contributed by atoms with E-state index in [4.69, 9.17) is 29.2 Å². The van der Waals surface area contributed by atoms with Gasteiger partial charge in [-0.2, -0.15) is 0 Å². The number of benzene rings is 10. The number of ether oxygens (including phenoxy) is 4. The number of hydrogen-bond acceptors (Lipinski definition) is 10. The highest BCUT2D eigenvalue weighted by Crippen LogP contribution is 2.28. The molecule has 10 nitrogen and oxygen atoms in total. The zero-order valence-electron chi connectivity index (χ0n) is 40.0. The van der Waals surface area contributed by atoms with Crippen molar-refractivity contribution >= 4 is 66.4 Å². The third-order valence-electron chi connectivity index (χ3n) is 10.9. The molecule has 0 atom stereocenters. The smallest absolute Gasteiger partial charge is 0.188 e. The lowest BCUT2D eigenvalue weighted by Gasteiger charge is -2.09. The second-order valence-corrected chi connectivity index (χ2v) is 16.6. The first-order valence-corrected chi connectivity index (χ1v) is 22.3. The van der Waals surface area contributed by atoms with Gasteiger partial charge in [0.2, 0.25) is 0 Å². The van der Waals surface area contributed by atoms with Gasteiger partial charge in [0.05, 0.1) is 11.1 Å². The Morgan fingerprint density at radius 2 is 0.714 bits per heavy atom. The Bertz CT molecular complexity index is 3240. The van der Waals surface area contributed by atoms with E-state index in [2.05, 4.69) is 55.5 Å². The standard InChI is InChI=1S/C14H14O3.C13H14O2.C12H10O2.C11H10O.C10H8O2/c1-10-3-4-11-6-13(8-15)14(17-9-16-2)7-12(11)5-10;1-10-3-4-11-5-6-13(15-9-14-2)8-12(11)7-10;1-8-2-3-9-5-11(7-13)12(14)6-10(9)4-8;1-8-2-3-9-4-5-11(12)7-10(9)6-8;11-9-3-1-7-2-4-10(12)6-8(7)5-9/h3-8H,9H2,1-2H3;3-8H,9H2,1-2H3;2-7,14H,1H3;2-7,12H,1H3;1-6,11-12H. The van der Waals surface area contributed by atoms with Gasteiger partial charge in [0.1, 0.15) is 34.5 Å². The van der Waals surface area contributed by atoms with Gasteiger partial charge in [0, 0.05) is 14.2 Å². The van der Waals surface area contributed by atoms with Gasteiger partial charge < -0.3 is 39.4 Å². The summed E-state index contributed by atoms with van der Waals surface area (Å²) >= 11 is 0. The van der Waals surface area contributed by atoms with E-state index in [9.17, 15) is 19.8 Å². The molecule has 10 heteroatoms. The van der Waals surface area contributed by atoms with E-state index in [0.717, 1.165) is 55.3 Å². The van der Waals surface area contributed by atoms with Gasteiger partial charge in [-0.1, -0.05) is 119 Å². The number of aryl methyl sites for hydroxylation is 4. The number of fused-ring (bicyclic) bond motifs is 5. The molecule has 0 spiro atoms. The fourth-order valence-corrected chi connectivity index (χ4v) is 7.41. The summed E-state index contributed by atoms with van der Waals surface area (Å²) in [7, 11) is 3.16. The molecule has 0 amide bonds. The number of phenolic OH excluding ortho intramolecular Hbond substituents is 4. The molecular formula is C60H56O10. The second-order valence-electron chi connectivity index (χ2n) is 16.6. The Hall–Kier alpha value is -8.44. The predicted octanol–water partition coefficient (Wildman–Crippen LogP) is 13.8. The fourth-order valence-electron chi connectivity index (χ4n) is 7.41. The summed E-state index contributed by atoms with van der Waals surface area (Å²) in [4.78, 5) is 21.6. The minimum atomic E-state index is 0.0399. The quantitative estimate of drug-likeness (QED) is 0.0856. The molecule has 10 rings (SSSR count). The molecule has 0 aromatic heterocycles. The molecule has 0 unspecified atom stereocenters. The molecule has 0 fully saturated rings. The average molecular weight is 937 g/mol. The first kappa shape index (κ1) is 51.0. The summed E-state index contributed by atoms with van der Waals surface area (Å²) in [5.74, 6) is 2.20. The fraction of sp³-hybridized carbons (Fsp3) is 0.133. The highest BCUT2D eigenvalue weighted by Gasteiger charge is 2.07. The number of aromatic hydroxyl groups is 4. The molecule has 0 bridgehead atoms. The summed E-state index contributed by atoms with van der Waals surface area (Å²) < 4.78 is 20.5. The van der Waals surface area contributed by atoms with Gasteiger partial charge in [0.15, 0.2) is 26.2 Å². The third kappa shape index (κ3) is 14.3. The van der Waals surface area contributed by atoms with Gasteiger partial charge in [0.25, 0.3) is 0 Å². The van der Waals surface area contributed by atoms with Crippen molar-refractivity contribution in [2.45, 2.75) is 27.7 Å². The monoisotopic (exact) mass is 936 g/mol. The molecule has 70 heavy (non-hydrogen) atoms. The van der Waals surface area contributed by atoms with Crippen molar-refractivity contribution in [1.82, 2.24) is 0 Å². The van der Waals surface area contributed by atoms with Gasteiger partial charge >= 0.3 is 0 Å². The number of rotatable bonds is 8. The molecule has 0 heterocycles. The zero-order chi connectivity index (χ0) is 50.2. The Labute approximate surface area is 407 Å². The predicted molar refractivity (Wildman–Crippen MR) is 281 cm³/mol. The van der Waals surface area contributed by atoms with Crippen LogP contribution in [0.4, 0.5) is 0 Å². The van der Waals surface area contributed by atoms with Crippen molar-refractivity contribution < 1.29 is 49.0 Å². The molecule has 0 saturated heterocycles. The van der Waals surface area contributed by atoms with Crippen LogP contribution in [0.3, 0.4) is 0 Å². The SMILES string of the molecule is COCOc1cc2cc(C)ccc2cc1C=O.COCOc1ccc2ccc(C)cc2c1.Cc1ccc2cc(C=O)c(O)cc2c1.Cc1ccc2ccc(O)cc2c1.Oc1ccc2ccc(O)cc2c1. The number of carbonyl (C=O) groups excluding carboxylic acids is 2. The van der Waals surface area contributed by atoms with E-state index in [-0.39, 0.29) is 30.8 Å². The van der Waals surface area contributed by atoms with Crippen molar-refractivity contribution in [3.05, 3.63) is 203 Å². The molecule has 0 saturated carbocycles. The maximum atomic E-state index is 11.0. The van der Waals surface area contributed by atoms with E-state index in [1.54, 1.807) is 62.8 Å². The van der Waals surface area contributed by atoms with Crippen molar-refractivity contribution in [1.29, 1.82) is 0 Å². The lowest BCUT2D eigenvalue weighted by atomic mass is 10.0. The zero-order valence-corrected chi connectivity index (χ0v) is 40.0. The minimum absolute atomic E-state index is 0.0399. The van der Waals surface area contributed by atoms with Crippen LogP contribution in [0.5, 0.6) is 34.5 Å². The number of hydrogen-bond donors (Lipinski definition) is 4. The van der Waals surface area contributed by atoms with Crippen molar-refractivity contribution in [3.63, 3.8) is 0 Å². The van der Waals surface area contributed by atoms with E-state index in [0.29, 0.717) is 28.9 Å². The highest BCUT2D eigenvalue weighted by molar-refractivity contribution is 5.94. The molecule has 356 valence electrons.